The molecule has 0 bridgehead atoms. The summed E-state index contributed by atoms with van der Waals surface area (Å²) in [6.07, 6.45) is 2.34. The first-order chi connectivity index (χ1) is 9.13. The lowest BCUT2D eigenvalue weighted by atomic mass is 10.1. The molecule has 0 radical (unpaired) electrons. The number of carbonyl (C=O) groups excluding carboxylic acids is 2. The highest BCUT2D eigenvalue weighted by Crippen LogP contribution is 2.05. The number of hydrogen-bond donors (Lipinski definition) is 2. The topological polar surface area (TPSA) is 58.2 Å². The quantitative estimate of drug-likeness (QED) is 0.586. The van der Waals surface area contributed by atoms with Crippen LogP contribution in [0.4, 0.5) is 4.79 Å². The normalized spacial score (nSPS) is 10.0. The van der Waals surface area contributed by atoms with Gasteiger partial charge in [0, 0.05) is 25.1 Å². The highest BCUT2D eigenvalue weighted by atomic mass is 16.2. The molecule has 0 saturated heterocycles. The summed E-state index contributed by atoms with van der Waals surface area (Å²) in [5.74, 6) is 0.0499. The van der Waals surface area contributed by atoms with Gasteiger partial charge in [0.15, 0.2) is 5.78 Å². The van der Waals surface area contributed by atoms with Crippen molar-refractivity contribution in [2.24, 2.45) is 0 Å². The van der Waals surface area contributed by atoms with Crippen LogP contribution in [0, 0.1) is 6.92 Å². The van der Waals surface area contributed by atoms with Crippen LogP contribution in [0.25, 0.3) is 0 Å². The van der Waals surface area contributed by atoms with Crippen molar-refractivity contribution in [3.05, 3.63) is 35.4 Å². The van der Waals surface area contributed by atoms with Gasteiger partial charge < -0.3 is 10.6 Å². The zero-order valence-corrected chi connectivity index (χ0v) is 11.7. The van der Waals surface area contributed by atoms with Crippen molar-refractivity contribution in [1.29, 1.82) is 0 Å². The van der Waals surface area contributed by atoms with Crippen LogP contribution in [0.2, 0.25) is 0 Å². The third-order valence-electron chi connectivity index (χ3n) is 2.83. The van der Waals surface area contributed by atoms with E-state index in [1.54, 1.807) is 0 Å². The molecule has 0 atom stereocenters. The van der Waals surface area contributed by atoms with Crippen LogP contribution in [0.1, 0.15) is 42.1 Å². The highest BCUT2D eigenvalue weighted by Gasteiger charge is 2.06. The Morgan fingerprint density at radius 2 is 1.68 bits per heavy atom. The van der Waals surface area contributed by atoms with E-state index in [9.17, 15) is 9.59 Å². The minimum Gasteiger partial charge on any atom is -0.338 e. The first-order valence-corrected chi connectivity index (χ1v) is 6.75. The summed E-state index contributed by atoms with van der Waals surface area (Å²) in [5, 5.41) is 5.43. The molecule has 0 saturated carbocycles. The zero-order chi connectivity index (χ0) is 14.1. The smallest absolute Gasteiger partial charge is 0.314 e. The third-order valence-corrected chi connectivity index (χ3v) is 2.83. The second kappa shape index (κ2) is 8.29. The van der Waals surface area contributed by atoms with E-state index in [0.29, 0.717) is 25.1 Å². The summed E-state index contributed by atoms with van der Waals surface area (Å²) in [5.41, 5.74) is 1.82. The van der Waals surface area contributed by atoms with E-state index in [1.165, 1.54) is 0 Å². The number of Topliss-reactive ketones (excluding diaryl/α,β-unsaturated/α-hetero) is 1. The van der Waals surface area contributed by atoms with Gasteiger partial charge in [-0.1, -0.05) is 43.2 Å². The Morgan fingerprint density at radius 1 is 1.05 bits per heavy atom. The van der Waals surface area contributed by atoms with Crippen LogP contribution in [0.15, 0.2) is 24.3 Å². The number of urea groups is 1. The minimum absolute atomic E-state index is 0.0499. The van der Waals surface area contributed by atoms with Crippen molar-refractivity contribution >= 4 is 11.8 Å². The molecule has 0 aliphatic heterocycles. The van der Waals surface area contributed by atoms with Gasteiger partial charge in [0.05, 0.1) is 0 Å². The molecule has 0 heterocycles. The van der Waals surface area contributed by atoms with Gasteiger partial charge in [-0.05, 0) is 13.3 Å². The molecule has 1 aromatic carbocycles. The van der Waals surface area contributed by atoms with Crippen molar-refractivity contribution in [1.82, 2.24) is 10.6 Å². The van der Waals surface area contributed by atoms with Gasteiger partial charge in [-0.25, -0.2) is 4.79 Å². The third kappa shape index (κ3) is 6.04. The van der Waals surface area contributed by atoms with E-state index in [-0.39, 0.29) is 11.8 Å². The Labute approximate surface area is 114 Å². The van der Waals surface area contributed by atoms with E-state index in [1.807, 2.05) is 31.2 Å². The maximum atomic E-state index is 11.8. The first kappa shape index (κ1) is 15.2. The van der Waals surface area contributed by atoms with Crippen LogP contribution in [-0.4, -0.2) is 24.9 Å². The summed E-state index contributed by atoms with van der Waals surface area (Å²) >= 11 is 0. The van der Waals surface area contributed by atoms with E-state index in [2.05, 4.69) is 17.6 Å². The predicted molar refractivity (Wildman–Crippen MR) is 76.4 cm³/mol. The summed E-state index contributed by atoms with van der Waals surface area (Å²) < 4.78 is 0. The van der Waals surface area contributed by atoms with E-state index in [4.69, 9.17) is 0 Å². The molecule has 4 nitrogen and oxygen atoms in total. The van der Waals surface area contributed by atoms with E-state index in [0.717, 1.165) is 18.4 Å². The molecule has 2 N–H and O–H groups in total. The average molecular weight is 262 g/mol. The fraction of sp³-hybridized carbons (Fsp3) is 0.467. The minimum atomic E-state index is -0.204. The maximum absolute atomic E-state index is 11.8. The monoisotopic (exact) mass is 262 g/mol. The zero-order valence-electron chi connectivity index (χ0n) is 11.7. The highest BCUT2D eigenvalue weighted by molar-refractivity contribution is 5.96. The van der Waals surface area contributed by atoms with Crippen molar-refractivity contribution in [2.75, 3.05) is 13.1 Å². The summed E-state index contributed by atoms with van der Waals surface area (Å²) in [7, 11) is 0. The van der Waals surface area contributed by atoms with Crippen LogP contribution in [0.3, 0.4) is 0 Å². The number of amides is 2. The summed E-state index contributed by atoms with van der Waals surface area (Å²) in [4.78, 5) is 23.2. The lowest BCUT2D eigenvalue weighted by Gasteiger charge is -2.06. The van der Waals surface area contributed by atoms with Gasteiger partial charge in [0.2, 0.25) is 0 Å². The van der Waals surface area contributed by atoms with E-state index >= 15 is 0 Å². The van der Waals surface area contributed by atoms with Gasteiger partial charge >= 0.3 is 6.03 Å². The number of nitrogens with one attached hydrogen (secondary N) is 2. The van der Waals surface area contributed by atoms with Gasteiger partial charge in [-0.3, -0.25) is 4.79 Å². The number of rotatable bonds is 7. The molecule has 1 rings (SSSR count). The number of carbonyl (C=O) groups is 2. The molecular weight excluding hydrogens is 240 g/mol. The average Bonchev–Trinajstić information content (AvgIpc) is 2.39. The molecular formula is C15H22N2O2. The molecule has 1 aromatic rings. The predicted octanol–water partition coefficient (Wildman–Crippen LogP) is 2.67. The second-order valence-electron chi connectivity index (χ2n) is 4.58. The number of unbranched alkanes of at least 4 members (excludes halogenated alkanes) is 1. The Bertz CT molecular complexity index is 413. The molecule has 2 amide bonds. The summed E-state index contributed by atoms with van der Waals surface area (Å²) in [6, 6.07) is 7.26. The molecule has 4 heteroatoms. The molecule has 0 aliphatic rings. The maximum Gasteiger partial charge on any atom is 0.314 e. The Morgan fingerprint density at radius 3 is 2.32 bits per heavy atom. The van der Waals surface area contributed by atoms with Crippen LogP contribution >= 0.6 is 0 Å². The fourth-order valence-corrected chi connectivity index (χ4v) is 1.61. The van der Waals surface area contributed by atoms with Crippen molar-refractivity contribution in [2.45, 2.75) is 33.1 Å². The first-order valence-electron chi connectivity index (χ1n) is 6.75. The fourth-order valence-electron chi connectivity index (χ4n) is 1.61. The second-order valence-corrected chi connectivity index (χ2v) is 4.58. The van der Waals surface area contributed by atoms with Crippen molar-refractivity contribution < 1.29 is 9.59 Å². The van der Waals surface area contributed by atoms with Crippen LogP contribution in [0.5, 0.6) is 0 Å². The number of aryl methyl sites for hydroxylation is 1. The van der Waals surface area contributed by atoms with Gasteiger partial charge in [0.25, 0.3) is 0 Å². The molecule has 0 unspecified atom stereocenters. The Hall–Kier alpha value is -1.84. The largest absolute Gasteiger partial charge is 0.338 e. The van der Waals surface area contributed by atoms with Crippen molar-refractivity contribution in [3.63, 3.8) is 0 Å². The van der Waals surface area contributed by atoms with Gasteiger partial charge in [-0.15, -0.1) is 0 Å². The number of ketones is 1. The lowest BCUT2D eigenvalue weighted by Crippen LogP contribution is -2.37. The lowest BCUT2D eigenvalue weighted by molar-refractivity contribution is 0.0983. The van der Waals surface area contributed by atoms with E-state index < -0.39 is 0 Å². The number of hydrogen-bond acceptors (Lipinski definition) is 2. The summed E-state index contributed by atoms with van der Waals surface area (Å²) in [6.45, 7) is 5.09. The van der Waals surface area contributed by atoms with Gasteiger partial charge in [0.1, 0.15) is 0 Å². The molecule has 0 aromatic heterocycles. The Balaban J connectivity index is 2.23. The molecule has 19 heavy (non-hydrogen) atoms. The number of benzene rings is 1. The molecule has 0 aliphatic carbocycles. The SMILES string of the molecule is CCCCNC(=O)NCCC(=O)c1ccc(C)cc1. The van der Waals surface area contributed by atoms with Crippen LogP contribution in [-0.2, 0) is 0 Å². The van der Waals surface area contributed by atoms with Gasteiger partial charge in [-0.2, -0.15) is 0 Å². The Kier molecular flexibility index (Phi) is 6.64. The van der Waals surface area contributed by atoms with Crippen molar-refractivity contribution in [3.8, 4) is 0 Å². The molecule has 104 valence electrons. The molecule has 0 spiro atoms. The van der Waals surface area contributed by atoms with Crippen LogP contribution < -0.4 is 10.6 Å². The molecule has 0 fully saturated rings. The standard InChI is InChI=1S/C15H22N2O2/c1-3-4-10-16-15(19)17-11-9-14(18)13-7-5-12(2)6-8-13/h5-8H,3-4,9-11H2,1-2H3,(H2,16,17,19).